The first-order valence-corrected chi connectivity index (χ1v) is 26.4. The van der Waals surface area contributed by atoms with E-state index >= 15 is 0 Å². The molecular formula is C53H102O6. The Morgan fingerprint density at radius 1 is 0.339 bits per heavy atom. The molecule has 0 aliphatic heterocycles. The Bertz CT molecular complexity index is 889. The second-order valence-corrected chi connectivity index (χ2v) is 18.4. The van der Waals surface area contributed by atoms with Crippen molar-refractivity contribution in [3.8, 4) is 0 Å². The van der Waals surface area contributed by atoms with Gasteiger partial charge in [0, 0.05) is 19.3 Å². The van der Waals surface area contributed by atoms with E-state index in [2.05, 4.69) is 27.7 Å². The number of ether oxygens (including phenoxy) is 3. The molecule has 0 bridgehead atoms. The minimum atomic E-state index is -0.760. The van der Waals surface area contributed by atoms with Crippen LogP contribution in [0.2, 0.25) is 0 Å². The molecule has 6 nitrogen and oxygen atoms in total. The molecule has 0 aromatic rings. The van der Waals surface area contributed by atoms with E-state index < -0.39 is 6.10 Å². The lowest BCUT2D eigenvalue weighted by Gasteiger charge is -2.18. The predicted molar refractivity (Wildman–Crippen MR) is 252 cm³/mol. The van der Waals surface area contributed by atoms with Crippen LogP contribution in [0.5, 0.6) is 0 Å². The van der Waals surface area contributed by atoms with Crippen LogP contribution in [0.15, 0.2) is 0 Å². The first kappa shape index (κ1) is 57.4. The first-order chi connectivity index (χ1) is 28.9. The summed E-state index contributed by atoms with van der Waals surface area (Å²) in [6.45, 7) is 9.02. The van der Waals surface area contributed by atoms with Crippen molar-refractivity contribution < 1.29 is 28.6 Å². The fourth-order valence-corrected chi connectivity index (χ4v) is 8.01. The lowest BCUT2D eigenvalue weighted by atomic mass is 9.99. The molecule has 0 heterocycles. The van der Waals surface area contributed by atoms with Gasteiger partial charge in [-0.05, 0) is 25.2 Å². The SMILES string of the molecule is CCCCCCCCCCCCCCCCCCCCCC(=O)O[C@@H](COC(=O)CCCCCCCCCCCC)COC(=O)CCCCCCCCCCC(C)CC. The standard InChI is InChI=1S/C53H102O6/c1-5-8-10-12-14-16-18-19-20-21-22-23-24-25-26-28-34-38-42-46-53(56)59-50(47-57-51(54)44-40-36-32-27-17-15-13-11-9-6-2)48-58-52(55)45-41-37-33-30-29-31-35-39-43-49(4)7-3/h49-50H,5-48H2,1-4H3/t49?,50-/m0/s1. The zero-order valence-corrected chi connectivity index (χ0v) is 40.2. The predicted octanol–water partition coefficient (Wildman–Crippen LogP) is 17.1. The molecule has 6 heteroatoms. The second kappa shape index (κ2) is 47.5. The highest BCUT2D eigenvalue weighted by Crippen LogP contribution is 2.18. The van der Waals surface area contributed by atoms with E-state index in [0.29, 0.717) is 19.3 Å². The van der Waals surface area contributed by atoms with Crippen LogP contribution in [0.25, 0.3) is 0 Å². The number of carbonyl (C=O) groups excluding carboxylic acids is 3. The molecule has 0 aliphatic rings. The summed E-state index contributed by atoms with van der Waals surface area (Å²) in [5.41, 5.74) is 0. The summed E-state index contributed by atoms with van der Waals surface area (Å²) in [5, 5.41) is 0. The van der Waals surface area contributed by atoms with Gasteiger partial charge >= 0.3 is 17.9 Å². The lowest BCUT2D eigenvalue weighted by molar-refractivity contribution is -0.167. The molecule has 59 heavy (non-hydrogen) atoms. The molecule has 2 atom stereocenters. The van der Waals surface area contributed by atoms with Gasteiger partial charge in [0.2, 0.25) is 0 Å². The second-order valence-electron chi connectivity index (χ2n) is 18.4. The van der Waals surface area contributed by atoms with Crippen molar-refractivity contribution in [2.75, 3.05) is 13.2 Å². The highest BCUT2D eigenvalue weighted by Gasteiger charge is 2.19. The Balaban J connectivity index is 4.25. The summed E-state index contributed by atoms with van der Waals surface area (Å²) >= 11 is 0. The fourth-order valence-electron chi connectivity index (χ4n) is 8.01. The average molecular weight is 835 g/mol. The van der Waals surface area contributed by atoms with Gasteiger partial charge in [0.25, 0.3) is 0 Å². The van der Waals surface area contributed by atoms with Crippen LogP contribution in [0.3, 0.4) is 0 Å². The van der Waals surface area contributed by atoms with E-state index in [0.717, 1.165) is 63.7 Å². The monoisotopic (exact) mass is 835 g/mol. The zero-order chi connectivity index (χ0) is 43.1. The van der Waals surface area contributed by atoms with Gasteiger partial charge in [0.15, 0.2) is 6.10 Å². The summed E-state index contributed by atoms with van der Waals surface area (Å²) in [7, 11) is 0. The number of esters is 3. The van der Waals surface area contributed by atoms with Gasteiger partial charge in [-0.25, -0.2) is 0 Å². The Labute approximate surface area is 368 Å². The van der Waals surface area contributed by atoms with Crippen molar-refractivity contribution in [3.63, 3.8) is 0 Å². The van der Waals surface area contributed by atoms with E-state index in [1.807, 2.05) is 0 Å². The third-order valence-corrected chi connectivity index (χ3v) is 12.4. The van der Waals surface area contributed by atoms with Crippen LogP contribution < -0.4 is 0 Å². The van der Waals surface area contributed by atoms with Gasteiger partial charge in [-0.1, -0.05) is 259 Å². The van der Waals surface area contributed by atoms with Crippen molar-refractivity contribution >= 4 is 17.9 Å². The summed E-state index contributed by atoms with van der Waals surface area (Å²) in [6.07, 6.45) is 49.5. The van der Waals surface area contributed by atoms with E-state index in [1.54, 1.807) is 0 Å². The number of rotatable bonds is 48. The van der Waals surface area contributed by atoms with Crippen molar-refractivity contribution in [3.05, 3.63) is 0 Å². The van der Waals surface area contributed by atoms with Crippen LogP contribution in [0.1, 0.15) is 297 Å². The number of carbonyl (C=O) groups is 3. The lowest BCUT2D eigenvalue weighted by Crippen LogP contribution is -2.30. The van der Waals surface area contributed by atoms with Crippen molar-refractivity contribution in [1.82, 2.24) is 0 Å². The van der Waals surface area contributed by atoms with Gasteiger partial charge < -0.3 is 14.2 Å². The third-order valence-electron chi connectivity index (χ3n) is 12.4. The molecule has 0 aromatic heterocycles. The quantitative estimate of drug-likeness (QED) is 0.0345. The van der Waals surface area contributed by atoms with Gasteiger partial charge in [0.1, 0.15) is 13.2 Å². The van der Waals surface area contributed by atoms with Gasteiger partial charge in [0.05, 0.1) is 0 Å². The van der Waals surface area contributed by atoms with Crippen LogP contribution in [0.4, 0.5) is 0 Å². The minimum absolute atomic E-state index is 0.0633. The molecule has 350 valence electrons. The largest absolute Gasteiger partial charge is 0.462 e. The third kappa shape index (κ3) is 45.8. The molecule has 0 radical (unpaired) electrons. The van der Waals surface area contributed by atoms with Crippen molar-refractivity contribution in [2.24, 2.45) is 5.92 Å². The zero-order valence-electron chi connectivity index (χ0n) is 40.2. The van der Waals surface area contributed by atoms with E-state index in [-0.39, 0.29) is 31.1 Å². The van der Waals surface area contributed by atoms with Crippen molar-refractivity contribution in [2.45, 2.75) is 303 Å². The van der Waals surface area contributed by atoms with Crippen LogP contribution in [-0.4, -0.2) is 37.2 Å². The number of hydrogen-bond donors (Lipinski definition) is 0. The maximum absolute atomic E-state index is 12.8. The maximum Gasteiger partial charge on any atom is 0.306 e. The molecule has 0 saturated carbocycles. The average Bonchev–Trinajstić information content (AvgIpc) is 3.23. The smallest absolute Gasteiger partial charge is 0.306 e. The topological polar surface area (TPSA) is 78.9 Å². The summed E-state index contributed by atoms with van der Waals surface area (Å²) in [5.74, 6) is 0.000942. The van der Waals surface area contributed by atoms with E-state index in [9.17, 15) is 14.4 Å². The molecule has 0 aromatic carbocycles. The Morgan fingerprint density at radius 2 is 0.593 bits per heavy atom. The van der Waals surface area contributed by atoms with Crippen molar-refractivity contribution in [1.29, 1.82) is 0 Å². The molecule has 0 rings (SSSR count). The highest BCUT2D eigenvalue weighted by molar-refractivity contribution is 5.71. The van der Waals surface area contributed by atoms with Gasteiger partial charge in [-0.15, -0.1) is 0 Å². The molecule has 0 N–H and O–H groups in total. The molecule has 0 aliphatic carbocycles. The molecule has 0 fully saturated rings. The molecule has 0 saturated heterocycles. The fraction of sp³-hybridized carbons (Fsp3) is 0.943. The minimum Gasteiger partial charge on any atom is -0.462 e. The molecule has 0 amide bonds. The van der Waals surface area contributed by atoms with Crippen LogP contribution in [-0.2, 0) is 28.6 Å². The van der Waals surface area contributed by atoms with Gasteiger partial charge in [-0.2, -0.15) is 0 Å². The summed E-state index contributed by atoms with van der Waals surface area (Å²) < 4.78 is 16.8. The Kier molecular flexibility index (Phi) is 46.2. The molecule has 1 unspecified atom stereocenters. The Hall–Kier alpha value is -1.59. The molecule has 0 spiro atoms. The summed E-state index contributed by atoms with van der Waals surface area (Å²) in [4.78, 5) is 37.9. The summed E-state index contributed by atoms with van der Waals surface area (Å²) in [6, 6.07) is 0. The maximum atomic E-state index is 12.8. The first-order valence-electron chi connectivity index (χ1n) is 26.4. The Morgan fingerprint density at radius 3 is 0.881 bits per heavy atom. The number of hydrogen-bond acceptors (Lipinski definition) is 6. The molecular weight excluding hydrogens is 733 g/mol. The normalized spacial score (nSPS) is 12.4. The van der Waals surface area contributed by atoms with E-state index in [4.69, 9.17) is 14.2 Å². The van der Waals surface area contributed by atoms with Gasteiger partial charge in [-0.3, -0.25) is 14.4 Å². The van der Waals surface area contributed by atoms with Crippen LogP contribution in [0, 0.1) is 5.92 Å². The number of unbranched alkanes of at least 4 members (excludes halogenated alkanes) is 34. The van der Waals surface area contributed by atoms with E-state index in [1.165, 1.54) is 193 Å². The highest BCUT2D eigenvalue weighted by atomic mass is 16.6. The van der Waals surface area contributed by atoms with Crippen LogP contribution >= 0.6 is 0 Å².